The van der Waals surface area contributed by atoms with Gasteiger partial charge in [-0.1, -0.05) is 191 Å². The summed E-state index contributed by atoms with van der Waals surface area (Å²) in [4.78, 5) is 0. The second kappa shape index (κ2) is 32.7. The molecule has 0 fully saturated rings. The Morgan fingerprint density at radius 1 is 0.397 bits per heavy atom. The van der Waals surface area contributed by atoms with Crippen molar-refractivity contribution in [2.75, 3.05) is 0 Å². The van der Waals surface area contributed by atoms with Crippen LogP contribution in [0.3, 0.4) is 0 Å². The largest absolute Gasteiger partial charge is 0.506 e. The van der Waals surface area contributed by atoms with Gasteiger partial charge in [0.05, 0.1) is 0 Å². The number of azo groups is 1. The molecule has 4 heteroatoms. The van der Waals surface area contributed by atoms with Crippen molar-refractivity contribution in [2.45, 2.75) is 124 Å². The fraction of sp³-hybridized carbons (Fsp3) is 0.333. The zero-order valence-corrected chi connectivity index (χ0v) is 39.1. The number of phenols is 1. The Morgan fingerprint density at radius 3 is 1.09 bits per heavy atom. The molecule has 2 N–H and O–H groups in total. The summed E-state index contributed by atoms with van der Waals surface area (Å²) in [6.07, 6.45) is -0.843. The molecule has 1 atom stereocenters. The van der Waals surface area contributed by atoms with Crippen LogP contribution in [0.15, 0.2) is 144 Å². The van der Waals surface area contributed by atoms with Gasteiger partial charge in [-0.15, -0.1) is 5.11 Å². The lowest BCUT2D eigenvalue weighted by Gasteiger charge is -2.04. The number of rotatable bonds is 2. The van der Waals surface area contributed by atoms with E-state index >= 15 is 0 Å². The molecule has 0 heterocycles. The van der Waals surface area contributed by atoms with Crippen molar-refractivity contribution in [1.82, 2.24) is 0 Å². The summed E-state index contributed by atoms with van der Waals surface area (Å²) in [7, 11) is 0. The number of fused-ring (bicyclic) bond motifs is 3. The van der Waals surface area contributed by atoms with Crippen LogP contribution < -0.4 is 0 Å². The Morgan fingerprint density at radius 2 is 0.724 bits per heavy atom. The Balaban J connectivity index is 0. The molecule has 4 nitrogen and oxygen atoms in total. The maximum atomic E-state index is 9.19. The molecule has 0 amide bonds. The van der Waals surface area contributed by atoms with Crippen LogP contribution in [0.4, 0.5) is 5.69 Å². The maximum absolute atomic E-state index is 9.19. The van der Waals surface area contributed by atoms with Crippen LogP contribution in [0.2, 0.25) is 0 Å². The van der Waals surface area contributed by atoms with Gasteiger partial charge in [-0.3, -0.25) is 0 Å². The molecule has 7 rings (SSSR count). The summed E-state index contributed by atoms with van der Waals surface area (Å²) in [5, 5.41) is 33.1. The van der Waals surface area contributed by atoms with Crippen molar-refractivity contribution in [1.29, 1.82) is 0 Å². The first-order chi connectivity index (χ1) is 28.0. The molecule has 58 heavy (non-hydrogen) atoms. The summed E-state index contributed by atoms with van der Waals surface area (Å²) >= 11 is 0. The van der Waals surface area contributed by atoms with E-state index in [0.29, 0.717) is 5.69 Å². The molecule has 0 aliphatic carbocycles. The van der Waals surface area contributed by atoms with E-state index in [2.05, 4.69) is 161 Å². The average Bonchev–Trinajstić information content (AvgIpc) is 3.28. The van der Waals surface area contributed by atoms with Gasteiger partial charge in [0.2, 0.25) is 0 Å². The second-order valence-corrected chi connectivity index (χ2v) is 12.1. The number of hydrogen-bond acceptors (Lipinski definition) is 4. The van der Waals surface area contributed by atoms with Crippen LogP contribution in [-0.2, 0) is 0 Å². The number of hydrogen-bond donors (Lipinski definition) is 2. The van der Waals surface area contributed by atoms with Gasteiger partial charge in [0.15, 0.2) is 6.23 Å². The third kappa shape index (κ3) is 18.7. The maximum Gasteiger partial charge on any atom is 0.163 e. The lowest BCUT2D eigenvalue weighted by Crippen LogP contribution is -1.90. The summed E-state index contributed by atoms with van der Waals surface area (Å²) in [6, 6.07) is 45.2. The van der Waals surface area contributed by atoms with E-state index in [4.69, 9.17) is 5.11 Å². The zero-order valence-electron chi connectivity index (χ0n) is 39.1. The van der Waals surface area contributed by atoms with E-state index in [1.54, 1.807) is 18.2 Å². The molecular weight excluding hydrogens is 709 g/mol. The van der Waals surface area contributed by atoms with E-state index in [-0.39, 0.29) is 5.75 Å². The molecule has 0 radical (unpaired) electrons. The fourth-order valence-corrected chi connectivity index (χ4v) is 5.23. The number of aliphatic hydroxyl groups excluding tert-OH is 1. The van der Waals surface area contributed by atoms with Crippen LogP contribution >= 0.6 is 0 Å². The Kier molecular flexibility index (Phi) is 30.9. The quantitative estimate of drug-likeness (QED) is 0.172. The van der Waals surface area contributed by atoms with Crippen molar-refractivity contribution in [2.24, 2.45) is 10.2 Å². The van der Waals surface area contributed by atoms with E-state index in [1.165, 1.54) is 78.7 Å². The highest BCUT2D eigenvalue weighted by molar-refractivity contribution is 5.87. The lowest BCUT2D eigenvalue weighted by molar-refractivity contribution is 0.197. The van der Waals surface area contributed by atoms with Gasteiger partial charge < -0.3 is 10.2 Å². The molecule has 1 unspecified atom stereocenters. The zero-order chi connectivity index (χ0) is 44.6. The van der Waals surface area contributed by atoms with Gasteiger partial charge in [0.25, 0.3) is 0 Å². The lowest BCUT2D eigenvalue weighted by atomic mass is 10.0. The van der Waals surface area contributed by atoms with E-state index in [9.17, 15) is 5.11 Å². The normalized spacial score (nSPS) is 9.83. The molecule has 0 aliphatic rings. The predicted octanol–water partition coefficient (Wildman–Crippen LogP) is 17.3. The molecule has 314 valence electrons. The smallest absolute Gasteiger partial charge is 0.163 e. The van der Waals surface area contributed by atoms with Gasteiger partial charge in [-0.05, 0) is 126 Å². The standard InChI is InChI=1S/3C12H12.C8H10N2O2.5C2H6/c1-9-7-11-5-3-4-6-12(11)8-10(9)2;2*1-9-7-8-11-5-3-4-6-12(11)10(9)2;1-6(11)9-10-7-4-2-3-5-8(7)12;5*1-2/h3*3-8H,1-2H3;2-6,11-12H,1H3;5*1-2H3. The molecular formula is C54H76N2O2. The summed E-state index contributed by atoms with van der Waals surface area (Å²) in [5.74, 6) is 0.0573. The molecule has 0 aliphatic heterocycles. The van der Waals surface area contributed by atoms with Gasteiger partial charge in [0, 0.05) is 0 Å². The minimum absolute atomic E-state index is 0.0573. The topological polar surface area (TPSA) is 65.2 Å². The molecule has 0 saturated heterocycles. The van der Waals surface area contributed by atoms with Gasteiger partial charge in [0.1, 0.15) is 11.4 Å². The van der Waals surface area contributed by atoms with Gasteiger partial charge >= 0.3 is 0 Å². The second-order valence-electron chi connectivity index (χ2n) is 12.1. The highest BCUT2D eigenvalue weighted by Gasteiger charge is 1.99. The predicted molar refractivity (Wildman–Crippen MR) is 261 cm³/mol. The molecule has 0 aromatic heterocycles. The number of aromatic hydroxyl groups is 1. The average molecular weight is 785 g/mol. The minimum Gasteiger partial charge on any atom is -0.506 e. The molecule has 7 aromatic rings. The van der Waals surface area contributed by atoms with Crippen LogP contribution in [0, 0.1) is 41.5 Å². The van der Waals surface area contributed by atoms with E-state index < -0.39 is 6.23 Å². The number of aliphatic hydroxyl groups is 1. The monoisotopic (exact) mass is 785 g/mol. The van der Waals surface area contributed by atoms with E-state index in [0.717, 1.165) is 0 Å². The van der Waals surface area contributed by atoms with Crippen molar-refractivity contribution in [3.8, 4) is 5.75 Å². The Hall–Kier alpha value is -5.32. The molecule has 0 spiro atoms. The highest BCUT2D eigenvalue weighted by Crippen LogP contribution is 2.25. The number of benzene rings is 7. The number of phenolic OH excluding ortho intramolecular Hbond substituents is 1. The summed E-state index contributed by atoms with van der Waals surface area (Å²) in [6.45, 7) is 34.5. The van der Waals surface area contributed by atoms with Crippen LogP contribution in [-0.4, -0.2) is 16.4 Å². The van der Waals surface area contributed by atoms with Crippen LogP contribution in [0.25, 0.3) is 32.3 Å². The number of nitrogens with zero attached hydrogens (tertiary/aromatic N) is 2. The molecule has 7 aromatic carbocycles. The van der Waals surface area contributed by atoms with Crippen molar-refractivity contribution >= 4 is 38.0 Å². The van der Waals surface area contributed by atoms with Crippen molar-refractivity contribution in [3.63, 3.8) is 0 Å². The van der Waals surface area contributed by atoms with Gasteiger partial charge in [-0.2, -0.15) is 5.11 Å². The highest BCUT2D eigenvalue weighted by atomic mass is 16.3. The van der Waals surface area contributed by atoms with Crippen molar-refractivity contribution < 1.29 is 10.2 Å². The third-order valence-electron chi connectivity index (χ3n) is 8.51. The number of aryl methyl sites for hydroxylation is 6. The fourth-order valence-electron chi connectivity index (χ4n) is 5.23. The first-order valence-corrected chi connectivity index (χ1v) is 21.3. The Bertz CT molecular complexity index is 2010. The third-order valence-corrected chi connectivity index (χ3v) is 8.51. The molecule has 0 bridgehead atoms. The van der Waals surface area contributed by atoms with Crippen LogP contribution in [0.1, 0.15) is 110 Å². The summed E-state index contributed by atoms with van der Waals surface area (Å²) < 4.78 is 0. The van der Waals surface area contributed by atoms with E-state index in [1.807, 2.05) is 69.2 Å². The van der Waals surface area contributed by atoms with Crippen LogP contribution in [0.5, 0.6) is 5.75 Å². The first kappa shape index (κ1) is 54.8. The van der Waals surface area contributed by atoms with Crippen molar-refractivity contribution in [3.05, 3.63) is 167 Å². The minimum atomic E-state index is -0.843. The Labute approximate surface area is 353 Å². The molecule has 0 saturated carbocycles. The summed E-state index contributed by atoms with van der Waals surface area (Å²) in [5.41, 5.74) is 8.63. The van der Waals surface area contributed by atoms with Gasteiger partial charge in [-0.25, -0.2) is 0 Å². The first-order valence-electron chi connectivity index (χ1n) is 21.3. The SMILES string of the molecule is CC.CC.CC.CC.CC.CC(O)N=Nc1ccccc1O.Cc1cc2ccccc2cc1C.Cc1ccc2ccccc2c1C.Cc1ccc2ccccc2c1C. The number of para-hydroxylation sites is 1.